The number of aromatic nitrogens is 4. The van der Waals surface area contributed by atoms with Crippen molar-refractivity contribution in [1.29, 1.82) is 0 Å². The molecule has 260 valence electrons. The second-order valence-corrected chi connectivity index (χ2v) is 14.6. The first-order valence-corrected chi connectivity index (χ1v) is 19.1. The molecule has 0 saturated heterocycles. The largest absolute Gasteiger partial charge is 0.309 e. The van der Waals surface area contributed by atoms with Crippen LogP contribution in [0.1, 0.15) is 0 Å². The minimum absolute atomic E-state index is 0.655. The van der Waals surface area contributed by atoms with Crippen LogP contribution in [0.15, 0.2) is 194 Å². The number of nitrogens with zero attached hydrogens (tertiary/aromatic N) is 4. The van der Waals surface area contributed by atoms with Crippen LogP contribution in [-0.4, -0.2) is 19.1 Å². The highest BCUT2D eigenvalue weighted by Gasteiger charge is 2.21. The standard InChI is InChI=1S/C52H32N4/c1-2-15-34(16-3-1)51-42-21-8-11-23-45(42)53-52(54-51)56-47-25-13-10-22-43(47)50-41-20-7-6-18-38(41)44(32-49(50)56)36-27-29-40-39-19-9-12-24-46(39)55(48(40)31-36)37-28-26-33-14-4-5-17-35(33)30-37/h1-32H. The van der Waals surface area contributed by atoms with Gasteiger partial charge < -0.3 is 4.57 Å². The van der Waals surface area contributed by atoms with Crippen molar-refractivity contribution in [3.63, 3.8) is 0 Å². The van der Waals surface area contributed by atoms with E-state index in [1.165, 1.54) is 59.7 Å². The van der Waals surface area contributed by atoms with E-state index in [-0.39, 0.29) is 0 Å². The van der Waals surface area contributed by atoms with Crippen molar-refractivity contribution in [2.24, 2.45) is 0 Å². The van der Waals surface area contributed by atoms with E-state index in [2.05, 4.69) is 197 Å². The van der Waals surface area contributed by atoms with E-state index in [0.717, 1.165) is 44.4 Å². The van der Waals surface area contributed by atoms with Crippen LogP contribution in [0.3, 0.4) is 0 Å². The summed E-state index contributed by atoms with van der Waals surface area (Å²) < 4.78 is 4.69. The molecule has 0 amide bonds. The van der Waals surface area contributed by atoms with Crippen molar-refractivity contribution in [3.8, 4) is 34.0 Å². The number of hydrogen-bond acceptors (Lipinski definition) is 2. The Labute approximate surface area is 322 Å². The molecule has 0 unspecified atom stereocenters. The number of para-hydroxylation sites is 3. The Kier molecular flexibility index (Phi) is 6.60. The molecule has 3 aromatic heterocycles. The van der Waals surface area contributed by atoms with Gasteiger partial charge in [0.2, 0.25) is 5.95 Å². The van der Waals surface area contributed by atoms with Gasteiger partial charge in [0.1, 0.15) is 0 Å². The first-order chi connectivity index (χ1) is 27.8. The number of fused-ring (bicyclic) bond motifs is 10. The molecule has 12 aromatic rings. The summed E-state index contributed by atoms with van der Waals surface area (Å²) in [5, 5.41) is 10.8. The van der Waals surface area contributed by atoms with E-state index in [1.807, 2.05) is 6.07 Å². The molecule has 0 fully saturated rings. The third-order valence-electron chi connectivity index (χ3n) is 11.5. The van der Waals surface area contributed by atoms with Crippen LogP contribution >= 0.6 is 0 Å². The van der Waals surface area contributed by atoms with Gasteiger partial charge in [0.15, 0.2) is 0 Å². The van der Waals surface area contributed by atoms with Crippen LogP contribution in [0.25, 0.3) is 110 Å². The van der Waals surface area contributed by atoms with Crippen LogP contribution < -0.4 is 0 Å². The van der Waals surface area contributed by atoms with Crippen molar-refractivity contribution >= 4 is 76.1 Å². The first-order valence-electron chi connectivity index (χ1n) is 19.1. The Hall–Kier alpha value is -7.56. The fourth-order valence-corrected chi connectivity index (χ4v) is 9.00. The third kappa shape index (κ3) is 4.53. The summed E-state index contributed by atoms with van der Waals surface area (Å²) in [5.74, 6) is 0.655. The number of benzene rings is 9. The molecule has 9 aromatic carbocycles. The Balaban J connectivity index is 1.16. The summed E-state index contributed by atoms with van der Waals surface area (Å²) in [6, 6.07) is 69.7. The zero-order chi connectivity index (χ0) is 36.7. The van der Waals surface area contributed by atoms with E-state index >= 15 is 0 Å². The topological polar surface area (TPSA) is 35.6 Å². The molecule has 0 saturated carbocycles. The van der Waals surface area contributed by atoms with E-state index in [0.29, 0.717) is 5.95 Å². The predicted octanol–water partition coefficient (Wildman–Crippen LogP) is 13.5. The lowest BCUT2D eigenvalue weighted by Crippen LogP contribution is -2.03. The lowest BCUT2D eigenvalue weighted by Gasteiger charge is -2.14. The summed E-state index contributed by atoms with van der Waals surface area (Å²) in [4.78, 5) is 10.6. The molecule has 0 aliphatic rings. The van der Waals surface area contributed by atoms with Gasteiger partial charge in [-0.1, -0.05) is 152 Å². The molecule has 12 rings (SSSR count). The van der Waals surface area contributed by atoms with Gasteiger partial charge in [0, 0.05) is 38.2 Å². The Morgan fingerprint density at radius 3 is 1.82 bits per heavy atom. The fraction of sp³-hybridized carbons (Fsp3) is 0. The quantitative estimate of drug-likeness (QED) is 0.182. The molecule has 3 heterocycles. The van der Waals surface area contributed by atoms with Crippen LogP contribution in [0.5, 0.6) is 0 Å². The van der Waals surface area contributed by atoms with Crippen LogP contribution in [0.2, 0.25) is 0 Å². The van der Waals surface area contributed by atoms with Gasteiger partial charge in [0.05, 0.1) is 33.3 Å². The highest BCUT2D eigenvalue weighted by atomic mass is 15.2. The lowest BCUT2D eigenvalue weighted by atomic mass is 9.94. The van der Waals surface area contributed by atoms with E-state index in [1.54, 1.807) is 0 Å². The Morgan fingerprint density at radius 1 is 0.339 bits per heavy atom. The predicted molar refractivity (Wildman–Crippen MR) is 234 cm³/mol. The van der Waals surface area contributed by atoms with Crippen molar-refractivity contribution < 1.29 is 0 Å². The van der Waals surface area contributed by atoms with Crippen molar-refractivity contribution in [2.75, 3.05) is 0 Å². The maximum Gasteiger partial charge on any atom is 0.235 e. The third-order valence-corrected chi connectivity index (χ3v) is 11.5. The molecule has 0 aliphatic carbocycles. The van der Waals surface area contributed by atoms with E-state index in [9.17, 15) is 0 Å². The van der Waals surface area contributed by atoms with E-state index < -0.39 is 0 Å². The second kappa shape index (κ2) is 12.0. The number of rotatable bonds is 4. The highest BCUT2D eigenvalue weighted by molar-refractivity contribution is 6.24. The lowest BCUT2D eigenvalue weighted by molar-refractivity contribution is 1.01. The summed E-state index contributed by atoms with van der Waals surface area (Å²) in [6.45, 7) is 0. The smallest absolute Gasteiger partial charge is 0.235 e. The molecule has 0 aliphatic heterocycles. The summed E-state index contributed by atoms with van der Waals surface area (Å²) in [5.41, 5.74) is 10.9. The molecule has 0 bridgehead atoms. The molecule has 0 atom stereocenters. The molecule has 56 heavy (non-hydrogen) atoms. The molecule has 0 spiro atoms. The van der Waals surface area contributed by atoms with Crippen LogP contribution in [0, 0.1) is 0 Å². The van der Waals surface area contributed by atoms with E-state index in [4.69, 9.17) is 9.97 Å². The number of hydrogen-bond donors (Lipinski definition) is 0. The average Bonchev–Trinajstić information content (AvgIpc) is 3.78. The average molecular weight is 713 g/mol. The van der Waals surface area contributed by atoms with Crippen molar-refractivity contribution in [3.05, 3.63) is 194 Å². The fourth-order valence-electron chi connectivity index (χ4n) is 9.00. The molecule has 4 nitrogen and oxygen atoms in total. The van der Waals surface area contributed by atoms with Gasteiger partial charge in [-0.05, 0) is 75.1 Å². The molecular formula is C52H32N4. The molecular weight excluding hydrogens is 681 g/mol. The molecule has 0 N–H and O–H groups in total. The normalized spacial score (nSPS) is 11.9. The second-order valence-electron chi connectivity index (χ2n) is 14.6. The van der Waals surface area contributed by atoms with Gasteiger partial charge in [-0.2, -0.15) is 0 Å². The van der Waals surface area contributed by atoms with Gasteiger partial charge in [-0.25, -0.2) is 9.97 Å². The monoisotopic (exact) mass is 712 g/mol. The minimum Gasteiger partial charge on any atom is -0.309 e. The Morgan fingerprint density at radius 2 is 0.982 bits per heavy atom. The van der Waals surface area contributed by atoms with Gasteiger partial charge in [-0.3, -0.25) is 4.57 Å². The summed E-state index contributed by atoms with van der Waals surface area (Å²) in [6.07, 6.45) is 0. The zero-order valence-corrected chi connectivity index (χ0v) is 30.3. The van der Waals surface area contributed by atoms with Gasteiger partial charge >= 0.3 is 0 Å². The van der Waals surface area contributed by atoms with Gasteiger partial charge in [-0.15, -0.1) is 0 Å². The van der Waals surface area contributed by atoms with Crippen LogP contribution in [0.4, 0.5) is 0 Å². The highest BCUT2D eigenvalue weighted by Crippen LogP contribution is 2.43. The first kappa shape index (κ1) is 30.9. The SMILES string of the molecule is c1ccc(-c2nc(-n3c4ccccc4c4c5ccccc5c(-c5ccc6c7ccccc7n(-c7ccc8ccccc8c7)c6c5)cc43)nc3ccccc23)cc1. The van der Waals surface area contributed by atoms with Crippen molar-refractivity contribution in [2.45, 2.75) is 0 Å². The molecule has 0 radical (unpaired) electrons. The van der Waals surface area contributed by atoms with Gasteiger partial charge in [0.25, 0.3) is 0 Å². The Bertz CT molecular complexity index is 3540. The maximum absolute atomic E-state index is 5.38. The molecule has 4 heteroatoms. The summed E-state index contributed by atoms with van der Waals surface area (Å²) in [7, 11) is 0. The maximum atomic E-state index is 5.38. The minimum atomic E-state index is 0.655. The van der Waals surface area contributed by atoms with Crippen molar-refractivity contribution in [1.82, 2.24) is 19.1 Å². The van der Waals surface area contributed by atoms with Crippen LogP contribution in [-0.2, 0) is 0 Å². The summed E-state index contributed by atoms with van der Waals surface area (Å²) >= 11 is 0. The zero-order valence-electron chi connectivity index (χ0n) is 30.3.